The van der Waals surface area contributed by atoms with Crippen molar-refractivity contribution in [3.05, 3.63) is 53.4 Å². The SMILES string of the molecule is O=Cc1cn(-c2ncccn2)c2cccc(Cl)c12. The minimum absolute atomic E-state index is 0.512. The van der Waals surface area contributed by atoms with Gasteiger partial charge in [0.25, 0.3) is 0 Å². The highest BCUT2D eigenvalue weighted by Crippen LogP contribution is 2.28. The van der Waals surface area contributed by atoms with Crippen LogP contribution in [0.5, 0.6) is 0 Å². The lowest BCUT2D eigenvalue weighted by molar-refractivity contribution is 0.112. The van der Waals surface area contributed by atoms with Crippen LogP contribution in [-0.4, -0.2) is 20.8 Å². The molecule has 0 aliphatic rings. The second-order valence-corrected chi connectivity index (χ2v) is 4.16. The van der Waals surface area contributed by atoms with Crippen molar-refractivity contribution in [2.24, 2.45) is 0 Å². The van der Waals surface area contributed by atoms with Crippen LogP contribution >= 0.6 is 11.6 Å². The molecule has 0 N–H and O–H groups in total. The third-order valence-corrected chi connectivity index (χ3v) is 3.02. The molecule has 0 spiro atoms. The molecule has 0 saturated heterocycles. The van der Waals surface area contributed by atoms with Gasteiger partial charge in [-0.2, -0.15) is 0 Å². The Hall–Kier alpha value is -2.20. The first-order valence-corrected chi connectivity index (χ1v) is 5.71. The quantitative estimate of drug-likeness (QED) is 0.663. The molecule has 0 unspecified atom stereocenters. The Morgan fingerprint density at radius 2 is 1.94 bits per heavy atom. The fourth-order valence-electron chi connectivity index (χ4n) is 1.94. The third-order valence-electron chi connectivity index (χ3n) is 2.70. The van der Waals surface area contributed by atoms with Crippen molar-refractivity contribution in [2.45, 2.75) is 0 Å². The molecule has 0 fully saturated rings. The highest BCUT2D eigenvalue weighted by Gasteiger charge is 2.12. The van der Waals surface area contributed by atoms with Crippen molar-refractivity contribution in [1.29, 1.82) is 0 Å². The van der Waals surface area contributed by atoms with Gasteiger partial charge in [-0.05, 0) is 18.2 Å². The standard InChI is InChI=1S/C13H8ClN3O/c14-10-3-1-4-11-12(10)9(8-18)7-17(11)13-15-5-2-6-16-13/h1-8H. The number of hydrogen-bond donors (Lipinski definition) is 0. The minimum Gasteiger partial charge on any atom is -0.298 e. The second-order valence-electron chi connectivity index (χ2n) is 3.76. The van der Waals surface area contributed by atoms with Gasteiger partial charge >= 0.3 is 0 Å². The smallest absolute Gasteiger partial charge is 0.234 e. The van der Waals surface area contributed by atoms with E-state index in [4.69, 9.17) is 11.6 Å². The summed E-state index contributed by atoms with van der Waals surface area (Å²) in [5.74, 6) is 0.512. The van der Waals surface area contributed by atoms with E-state index in [1.54, 1.807) is 35.3 Å². The summed E-state index contributed by atoms with van der Waals surface area (Å²) in [6.07, 6.45) is 5.78. The van der Waals surface area contributed by atoms with Crippen molar-refractivity contribution >= 4 is 28.8 Å². The Labute approximate surface area is 108 Å². The maximum atomic E-state index is 11.1. The summed E-state index contributed by atoms with van der Waals surface area (Å²) in [6, 6.07) is 7.21. The van der Waals surface area contributed by atoms with Crippen LogP contribution in [0, 0.1) is 0 Å². The minimum atomic E-state index is 0.512. The molecular weight excluding hydrogens is 250 g/mol. The Morgan fingerprint density at radius 3 is 2.67 bits per heavy atom. The molecular formula is C13H8ClN3O. The van der Waals surface area contributed by atoms with Gasteiger partial charge in [-0.1, -0.05) is 17.7 Å². The number of rotatable bonds is 2. The number of aldehydes is 1. The Morgan fingerprint density at radius 1 is 1.17 bits per heavy atom. The molecule has 1 aromatic carbocycles. The van der Waals surface area contributed by atoms with Gasteiger partial charge in [0.1, 0.15) is 0 Å². The molecule has 0 saturated carbocycles. The van der Waals surface area contributed by atoms with Crippen LogP contribution in [0.4, 0.5) is 0 Å². The molecule has 0 bridgehead atoms. The van der Waals surface area contributed by atoms with E-state index in [-0.39, 0.29) is 0 Å². The number of carbonyl (C=O) groups is 1. The summed E-state index contributed by atoms with van der Waals surface area (Å²) in [5, 5.41) is 1.27. The zero-order valence-electron chi connectivity index (χ0n) is 9.25. The third kappa shape index (κ3) is 1.58. The summed E-state index contributed by atoms with van der Waals surface area (Å²) in [4.78, 5) is 19.4. The van der Waals surface area contributed by atoms with Crippen LogP contribution in [0.1, 0.15) is 10.4 Å². The fraction of sp³-hybridized carbons (Fsp3) is 0. The van der Waals surface area contributed by atoms with Crippen LogP contribution in [-0.2, 0) is 0 Å². The highest BCUT2D eigenvalue weighted by atomic mass is 35.5. The normalized spacial score (nSPS) is 10.7. The van der Waals surface area contributed by atoms with Gasteiger partial charge in [-0.25, -0.2) is 9.97 Å². The van der Waals surface area contributed by atoms with Crippen molar-refractivity contribution in [2.75, 3.05) is 0 Å². The maximum Gasteiger partial charge on any atom is 0.234 e. The van der Waals surface area contributed by atoms with E-state index in [0.717, 1.165) is 17.2 Å². The van der Waals surface area contributed by atoms with Gasteiger partial charge in [-0.15, -0.1) is 0 Å². The van der Waals surface area contributed by atoms with Crippen molar-refractivity contribution < 1.29 is 4.79 Å². The number of fused-ring (bicyclic) bond motifs is 1. The average Bonchev–Trinajstić information content (AvgIpc) is 2.80. The van der Waals surface area contributed by atoms with E-state index in [0.29, 0.717) is 16.5 Å². The second kappa shape index (κ2) is 4.23. The van der Waals surface area contributed by atoms with Gasteiger partial charge in [0, 0.05) is 29.5 Å². The van der Waals surface area contributed by atoms with E-state index < -0.39 is 0 Å². The van der Waals surface area contributed by atoms with Gasteiger partial charge in [0.15, 0.2) is 6.29 Å². The Balaban J connectivity index is 2.38. The molecule has 5 heteroatoms. The van der Waals surface area contributed by atoms with Crippen LogP contribution < -0.4 is 0 Å². The van der Waals surface area contributed by atoms with Crippen molar-refractivity contribution in [1.82, 2.24) is 14.5 Å². The molecule has 0 aliphatic carbocycles. The van der Waals surface area contributed by atoms with Gasteiger partial charge in [-0.3, -0.25) is 9.36 Å². The van der Waals surface area contributed by atoms with Gasteiger partial charge < -0.3 is 0 Å². The summed E-state index contributed by atoms with van der Waals surface area (Å²) in [7, 11) is 0. The first-order chi connectivity index (χ1) is 8.81. The van der Waals surface area contributed by atoms with Crippen LogP contribution in [0.15, 0.2) is 42.9 Å². The zero-order chi connectivity index (χ0) is 12.5. The highest BCUT2D eigenvalue weighted by molar-refractivity contribution is 6.36. The number of nitrogens with zero attached hydrogens (tertiary/aromatic N) is 3. The summed E-state index contributed by atoms with van der Waals surface area (Å²) in [5.41, 5.74) is 1.35. The molecule has 18 heavy (non-hydrogen) atoms. The first kappa shape index (κ1) is 10.9. The monoisotopic (exact) mass is 257 g/mol. The number of carbonyl (C=O) groups excluding carboxylic acids is 1. The Bertz CT molecular complexity index is 722. The lowest BCUT2D eigenvalue weighted by atomic mass is 10.2. The molecule has 2 aromatic heterocycles. The van der Waals surface area contributed by atoms with E-state index in [1.165, 1.54) is 0 Å². The predicted octanol–water partition coefficient (Wildman–Crippen LogP) is 2.89. The number of aromatic nitrogens is 3. The number of hydrogen-bond acceptors (Lipinski definition) is 3. The topological polar surface area (TPSA) is 47.8 Å². The molecule has 0 radical (unpaired) electrons. The van der Waals surface area contributed by atoms with Gasteiger partial charge in [0.05, 0.1) is 10.5 Å². The molecule has 0 amide bonds. The van der Waals surface area contributed by atoms with E-state index in [9.17, 15) is 4.79 Å². The average molecular weight is 258 g/mol. The largest absolute Gasteiger partial charge is 0.298 e. The predicted molar refractivity (Wildman–Crippen MR) is 69.3 cm³/mol. The molecule has 3 rings (SSSR count). The van der Waals surface area contributed by atoms with Crippen LogP contribution in [0.3, 0.4) is 0 Å². The van der Waals surface area contributed by atoms with Crippen molar-refractivity contribution in [3.63, 3.8) is 0 Å². The molecule has 0 atom stereocenters. The first-order valence-electron chi connectivity index (χ1n) is 5.33. The lowest BCUT2D eigenvalue weighted by Gasteiger charge is -2.02. The lowest BCUT2D eigenvalue weighted by Crippen LogP contribution is -1.97. The molecule has 2 heterocycles. The van der Waals surface area contributed by atoms with E-state index >= 15 is 0 Å². The Kier molecular flexibility index (Phi) is 2.57. The van der Waals surface area contributed by atoms with Crippen LogP contribution in [0.2, 0.25) is 5.02 Å². The molecule has 3 aromatic rings. The fourth-order valence-corrected chi connectivity index (χ4v) is 2.22. The van der Waals surface area contributed by atoms with Crippen LogP contribution in [0.25, 0.3) is 16.9 Å². The number of halogens is 1. The maximum absolute atomic E-state index is 11.1. The van der Waals surface area contributed by atoms with E-state index in [2.05, 4.69) is 9.97 Å². The summed E-state index contributed by atoms with van der Waals surface area (Å²) >= 11 is 6.13. The van der Waals surface area contributed by atoms with Gasteiger partial charge in [0.2, 0.25) is 5.95 Å². The molecule has 4 nitrogen and oxygen atoms in total. The van der Waals surface area contributed by atoms with Crippen molar-refractivity contribution in [3.8, 4) is 5.95 Å². The number of benzene rings is 1. The molecule has 0 aliphatic heterocycles. The summed E-state index contributed by atoms with van der Waals surface area (Å²) in [6.45, 7) is 0. The summed E-state index contributed by atoms with van der Waals surface area (Å²) < 4.78 is 1.75. The van der Waals surface area contributed by atoms with E-state index in [1.807, 2.05) is 12.1 Å². The molecule has 88 valence electrons. The zero-order valence-corrected chi connectivity index (χ0v) is 10.0.